The van der Waals surface area contributed by atoms with Gasteiger partial charge >= 0.3 is 0 Å². The molecule has 148 valence electrons. The van der Waals surface area contributed by atoms with Gasteiger partial charge in [0, 0.05) is 31.3 Å². The minimum absolute atomic E-state index is 0.0485. The minimum Gasteiger partial charge on any atom is -0.351 e. The molecule has 0 aliphatic carbocycles. The van der Waals surface area contributed by atoms with Crippen LogP contribution in [0, 0.1) is 0 Å². The molecule has 0 bridgehead atoms. The number of aromatic nitrogens is 3. The van der Waals surface area contributed by atoms with Gasteiger partial charge < -0.3 is 5.32 Å². The molecule has 4 rings (SSSR count). The van der Waals surface area contributed by atoms with E-state index >= 15 is 0 Å². The fourth-order valence-electron chi connectivity index (χ4n) is 3.30. The third-order valence-corrected chi connectivity index (χ3v) is 8.18. The first-order valence-electron chi connectivity index (χ1n) is 8.85. The van der Waals surface area contributed by atoms with Gasteiger partial charge in [-0.2, -0.15) is 13.1 Å². The number of amides is 1. The van der Waals surface area contributed by atoms with Crippen molar-refractivity contribution in [1.82, 2.24) is 23.4 Å². The number of fused-ring (bicyclic) bond motifs is 1. The van der Waals surface area contributed by atoms with Crippen LogP contribution in [0.1, 0.15) is 36.4 Å². The Kier molecular flexibility index (Phi) is 5.41. The Morgan fingerprint density at radius 3 is 3.04 bits per heavy atom. The molecule has 1 atom stereocenters. The maximum Gasteiger partial charge on any atom is 0.245 e. The molecule has 1 fully saturated rings. The molecule has 11 heteroatoms. The average Bonchev–Trinajstić information content (AvgIpc) is 3.35. The highest BCUT2D eigenvalue weighted by atomic mass is 32.2. The summed E-state index contributed by atoms with van der Waals surface area (Å²) < 4.78 is 36.4. The highest BCUT2D eigenvalue weighted by Gasteiger charge is 2.33. The van der Waals surface area contributed by atoms with E-state index in [9.17, 15) is 13.2 Å². The molecule has 8 nitrogen and oxygen atoms in total. The van der Waals surface area contributed by atoms with Crippen molar-refractivity contribution in [2.24, 2.45) is 0 Å². The molecule has 1 saturated heterocycles. The summed E-state index contributed by atoms with van der Waals surface area (Å²) in [5.41, 5.74) is 1.83. The second-order valence-corrected chi connectivity index (χ2v) is 10.0. The van der Waals surface area contributed by atoms with Gasteiger partial charge in [-0.3, -0.25) is 4.79 Å². The Morgan fingerprint density at radius 2 is 2.21 bits per heavy atom. The molecular formula is C17H19N5O3S3. The van der Waals surface area contributed by atoms with Crippen molar-refractivity contribution in [3.8, 4) is 0 Å². The third kappa shape index (κ3) is 3.79. The van der Waals surface area contributed by atoms with E-state index in [-0.39, 0.29) is 16.7 Å². The van der Waals surface area contributed by atoms with Gasteiger partial charge in [-0.1, -0.05) is 6.07 Å². The van der Waals surface area contributed by atoms with Crippen LogP contribution in [0.4, 0.5) is 0 Å². The highest BCUT2D eigenvalue weighted by Crippen LogP contribution is 2.33. The van der Waals surface area contributed by atoms with Crippen LogP contribution in [-0.4, -0.2) is 45.5 Å². The zero-order valence-electron chi connectivity index (χ0n) is 15.2. The van der Waals surface area contributed by atoms with Gasteiger partial charge in [-0.15, -0.1) is 11.3 Å². The summed E-state index contributed by atoms with van der Waals surface area (Å²) in [6, 6.07) is 5.06. The number of hydrogen-bond donors (Lipinski definition) is 1. The molecule has 28 heavy (non-hydrogen) atoms. The van der Waals surface area contributed by atoms with E-state index in [1.54, 1.807) is 18.2 Å². The van der Waals surface area contributed by atoms with Crippen molar-refractivity contribution < 1.29 is 13.2 Å². The van der Waals surface area contributed by atoms with Crippen LogP contribution in [-0.2, 0) is 21.4 Å². The van der Waals surface area contributed by atoms with Crippen molar-refractivity contribution in [2.75, 3.05) is 13.1 Å². The number of carbonyl (C=O) groups is 1. The average molecular weight is 438 g/mol. The number of sulfonamides is 1. The zero-order valence-corrected chi connectivity index (χ0v) is 17.6. The van der Waals surface area contributed by atoms with Crippen LogP contribution in [0.3, 0.4) is 0 Å². The van der Waals surface area contributed by atoms with E-state index < -0.39 is 10.0 Å². The Balaban J connectivity index is 1.55. The summed E-state index contributed by atoms with van der Waals surface area (Å²) in [6.07, 6.45) is 1.66. The number of benzene rings is 1. The van der Waals surface area contributed by atoms with Crippen LogP contribution in [0.25, 0.3) is 11.0 Å². The Labute approximate surface area is 171 Å². The smallest absolute Gasteiger partial charge is 0.245 e. The Morgan fingerprint density at radius 1 is 1.36 bits per heavy atom. The Bertz CT molecular complexity index is 1110. The van der Waals surface area contributed by atoms with E-state index in [0.717, 1.165) is 35.3 Å². The summed E-state index contributed by atoms with van der Waals surface area (Å²) in [7, 11) is -3.66. The molecule has 1 aromatic carbocycles. The van der Waals surface area contributed by atoms with Gasteiger partial charge in [0.15, 0.2) is 0 Å². The van der Waals surface area contributed by atoms with Crippen LogP contribution >= 0.6 is 23.1 Å². The zero-order chi connectivity index (χ0) is 19.7. The number of hydrogen-bond acceptors (Lipinski definition) is 8. The summed E-state index contributed by atoms with van der Waals surface area (Å²) >= 11 is 2.53. The lowest BCUT2D eigenvalue weighted by molar-refractivity contribution is -0.119. The van der Waals surface area contributed by atoms with Gasteiger partial charge in [-0.25, -0.2) is 13.4 Å². The van der Waals surface area contributed by atoms with Crippen molar-refractivity contribution in [3.63, 3.8) is 0 Å². The molecule has 0 saturated carbocycles. The molecule has 0 unspecified atom stereocenters. The monoisotopic (exact) mass is 437 g/mol. The summed E-state index contributed by atoms with van der Waals surface area (Å²) in [5.74, 6) is -0.0532. The van der Waals surface area contributed by atoms with E-state index in [2.05, 4.69) is 19.0 Å². The van der Waals surface area contributed by atoms with Crippen molar-refractivity contribution in [2.45, 2.75) is 37.1 Å². The van der Waals surface area contributed by atoms with Crippen molar-refractivity contribution in [3.05, 3.63) is 34.3 Å². The van der Waals surface area contributed by atoms with E-state index in [1.165, 1.54) is 22.6 Å². The molecule has 2 aromatic heterocycles. The maximum absolute atomic E-state index is 13.3. The van der Waals surface area contributed by atoms with Gasteiger partial charge in [0.2, 0.25) is 15.9 Å². The van der Waals surface area contributed by atoms with E-state index in [1.807, 2.05) is 5.38 Å². The van der Waals surface area contributed by atoms with Gasteiger partial charge in [0.05, 0.1) is 29.0 Å². The van der Waals surface area contributed by atoms with Crippen molar-refractivity contribution in [1.29, 1.82) is 0 Å². The molecular weight excluding hydrogens is 418 g/mol. The number of thiazole rings is 1. The fraction of sp³-hybridized carbons (Fsp3) is 0.412. The lowest BCUT2D eigenvalue weighted by Gasteiger charge is -2.31. The highest BCUT2D eigenvalue weighted by molar-refractivity contribution is 7.89. The molecule has 1 N–H and O–H groups in total. The topological polar surface area (TPSA) is 105 Å². The van der Waals surface area contributed by atoms with Crippen LogP contribution < -0.4 is 5.32 Å². The summed E-state index contributed by atoms with van der Waals surface area (Å²) in [4.78, 5) is 15.9. The summed E-state index contributed by atoms with van der Waals surface area (Å²) in [5, 5.41) is 5.56. The molecule has 3 heterocycles. The predicted octanol–water partition coefficient (Wildman–Crippen LogP) is 2.35. The number of rotatable bonds is 5. The summed E-state index contributed by atoms with van der Waals surface area (Å²) in [6.45, 7) is 2.73. The largest absolute Gasteiger partial charge is 0.351 e. The number of piperidine rings is 1. The van der Waals surface area contributed by atoms with Gasteiger partial charge in [0.1, 0.15) is 15.9 Å². The fourth-order valence-corrected chi connectivity index (χ4v) is 6.52. The lowest BCUT2D eigenvalue weighted by Crippen LogP contribution is -2.39. The first-order valence-corrected chi connectivity index (χ1v) is 11.9. The second-order valence-electron chi connectivity index (χ2n) is 6.68. The maximum atomic E-state index is 13.3. The molecule has 0 radical (unpaired) electrons. The first kappa shape index (κ1) is 19.4. The van der Waals surface area contributed by atoms with E-state index in [4.69, 9.17) is 0 Å². The second kappa shape index (κ2) is 7.82. The minimum atomic E-state index is -3.66. The standard InChI is InChI=1S/C17H19N5O3S3/c1-11(23)18-8-13-10-26-17(19-13)12-4-3-7-22(9-12)28(24,25)15-6-2-5-14-16(15)21-27-20-14/h2,5-6,10,12H,3-4,7-9H2,1H3,(H,18,23)/t12-/m0/s1. The number of carbonyl (C=O) groups excluding carboxylic acids is 1. The third-order valence-electron chi connectivity index (χ3n) is 4.69. The first-order chi connectivity index (χ1) is 13.4. The van der Waals surface area contributed by atoms with Crippen LogP contribution in [0.2, 0.25) is 0 Å². The molecule has 3 aromatic rings. The molecule has 1 aliphatic heterocycles. The SMILES string of the molecule is CC(=O)NCc1csc([C@H]2CCCN(S(=O)(=O)c3cccc4nsnc34)C2)n1. The molecule has 1 aliphatic rings. The van der Waals surface area contributed by atoms with E-state index in [0.29, 0.717) is 30.7 Å². The lowest BCUT2D eigenvalue weighted by atomic mass is 10.0. The number of nitrogens with one attached hydrogen (secondary N) is 1. The van der Waals surface area contributed by atoms with Gasteiger partial charge in [0.25, 0.3) is 0 Å². The Hall–Kier alpha value is -1.95. The molecule has 0 spiro atoms. The quantitative estimate of drug-likeness (QED) is 0.657. The van der Waals surface area contributed by atoms with Crippen LogP contribution in [0.5, 0.6) is 0 Å². The van der Waals surface area contributed by atoms with Crippen LogP contribution in [0.15, 0.2) is 28.5 Å². The number of nitrogens with zero attached hydrogens (tertiary/aromatic N) is 4. The molecule has 1 amide bonds. The van der Waals surface area contributed by atoms with Gasteiger partial charge in [-0.05, 0) is 25.0 Å². The normalized spacial score (nSPS) is 18.4. The predicted molar refractivity (Wildman–Crippen MR) is 108 cm³/mol. The van der Waals surface area contributed by atoms with Crippen molar-refractivity contribution >= 4 is 50.0 Å².